The molecule has 0 fully saturated rings. The minimum absolute atomic E-state index is 0.196. The Kier molecular flexibility index (Phi) is 5.62. The molecule has 2 N–H and O–H groups in total. The van der Waals surface area contributed by atoms with Crippen LogP contribution in [0, 0.1) is 0 Å². The van der Waals surface area contributed by atoms with Gasteiger partial charge in [-0.15, -0.1) is 0 Å². The standard InChI is InChI=1S/C17H26N2O/c1-3-4-11-20-12-10-19-9-8-16-15(13-14(2)18)6-5-7-17(16)19/h5-9,14H,3-4,10-13,18H2,1-2H3. The van der Waals surface area contributed by atoms with Crippen molar-refractivity contribution in [3.63, 3.8) is 0 Å². The van der Waals surface area contributed by atoms with Crippen LogP contribution in [0.25, 0.3) is 10.9 Å². The molecule has 20 heavy (non-hydrogen) atoms. The molecular weight excluding hydrogens is 248 g/mol. The molecule has 0 aliphatic carbocycles. The molecule has 2 rings (SSSR count). The van der Waals surface area contributed by atoms with Gasteiger partial charge in [0.1, 0.15) is 0 Å². The smallest absolute Gasteiger partial charge is 0.0645 e. The van der Waals surface area contributed by atoms with Gasteiger partial charge in [0.2, 0.25) is 0 Å². The largest absolute Gasteiger partial charge is 0.380 e. The summed E-state index contributed by atoms with van der Waals surface area (Å²) in [5.41, 5.74) is 8.54. The summed E-state index contributed by atoms with van der Waals surface area (Å²) in [5, 5.41) is 1.32. The lowest BCUT2D eigenvalue weighted by Gasteiger charge is -2.09. The van der Waals surface area contributed by atoms with Crippen molar-refractivity contribution in [3.8, 4) is 0 Å². The van der Waals surface area contributed by atoms with Crippen molar-refractivity contribution >= 4 is 10.9 Å². The van der Waals surface area contributed by atoms with Crippen molar-refractivity contribution in [1.29, 1.82) is 0 Å². The van der Waals surface area contributed by atoms with Crippen molar-refractivity contribution in [2.45, 2.75) is 45.7 Å². The van der Waals surface area contributed by atoms with Gasteiger partial charge in [0.15, 0.2) is 0 Å². The number of fused-ring (bicyclic) bond motifs is 1. The van der Waals surface area contributed by atoms with Gasteiger partial charge < -0.3 is 15.0 Å². The van der Waals surface area contributed by atoms with Gasteiger partial charge in [0.25, 0.3) is 0 Å². The highest BCUT2D eigenvalue weighted by atomic mass is 16.5. The molecule has 1 aromatic carbocycles. The minimum atomic E-state index is 0.196. The van der Waals surface area contributed by atoms with E-state index in [4.69, 9.17) is 10.5 Å². The van der Waals surface area contributed by atoms with Crippen LogP contribution in [0.2, 0.25) is 0 Å². The van der Waals surface area contributed by atoms with E-state index in [1.54, 1.807) is 0 Å². The Morgan fingerprint density at radius 2 is 2.10 bits per heavy atom. The number of ether oxygens (including phenoxy) is 1. The van der Waals surface area contributed by atoms with Crippen LogP contribution in [0.3, 0.4) is 0 Å². The first-order chi connectivity index (χ1) is 9.72. The molecule has 1 atom stereocenters. The first-order valence-electron chi connectivity index (χ1n) is 7.62. The van der Waals surface area contributed by atoms with E-state index in [-0.39, 0.29) is 6.04 Å². The maximum atomic E-state index is 5.92. The Bertz CT molecular complexity index is 531. The number of unbranched alkanes of at least 4 members (excludes halogenated alkanes) is 1. The van der Waals surface area contributed by atoms with Crippen molar-refractivity contribution in [2.75, 3.05) is 13.2 Å². The second-order valence-corrected chi connectivity index (χ2v) is 5.51. The molecule has 0 bridgehead atoms. The van der Waals surface area contributed by atoms with Gasteiger partial charge in [-0.3, -0.25) is 0 Å². The van der Waals surface area contributed by atoms with Crippen LogP contribution < -0.4 is 5.73 Å². The lowest BCUT2D eigenvalue weighted by molar-refractivity contribution is 0.124. The Morgan fingerprint density at radius 1 is 1.25 bits per heavy atom. The van der Waals surface area contributed by atoms with Gasteiger partial charge in [0, 0.05) is 36.3 Å². The second kappa shape index (κ2) is 7.46. The van der Waals surface area contributed by atoms with E-state index in [0.717, 1.165) is 32.6 Å². The third-order valence-electron chi connectivity index (χ3n) is 3.56. The number of nitrogens with zero attached hydrogens (tertiary/aromatic N) is 1. The second-order valence-electron chi connectivity index (χ2n) is 5.51. The lowest BCUT2D eigenvalue weighted by atomic mass is 10.0. The van der Waals surface area contributed by atoms with Gasteiger partial charge >= 0.3 is 0 Å². The summed E-state index contributed by atoms with van der Waals surface area (Å²) in [6.45, 7) is 6.79. The highest BCUT2D eigenvalue weighted by Crippen LogP contribution is 2.21. The molecule has 0 aliphatic heterocycles. The number of benzene rings is 1. The van der Waals surface area contributed by atoms with Crippen molar-refractivity contribution < 1.29 is 4.74 Å². The number of hydrogen-bond acceptors (Lipinski definition) is 2. The maximum absolute atomic E-state index is 5.92. The summed E-state index contributed by atoms with van der Waals surface area (Å²) in [5.74, 6) is 0. The zero-order valence-corrected chi connectivity index (χ0v) is 12.6. The van der Waals surface area contributed by atoms with E-state index < -0.39 is 0 Å². The SMILES string of the molecule is CCCCOCCn1ccc2c(CC(C)N)cccc21. The Labute approximate surface area is 121 Å². The van der Waals surface area contributed by atoms with Gasteiger partial charge in [-0.25, -0.2) is 0 Å². The molecule has 1 unspecified atom stereocenters. The zero-order valence-electron chi connectivity index (χ0n) is 12.6. The Balaban J connectivity index is 2.04. The monoisotopic (exact) mass is 274 g/mol. The fraction of sp³-hybridized carbons (Fsp3) is 0.529. The van der Waals surface area contributed by atoms with Crippen LogP contribution in [0.1, 0.15) is 32.3 Å². The average molecular weight is 274 g/mol. The fourth-order valence-electron chi connectivity index (χ4n) is 2.52. The average Bonchev–Trinajstić information content (AvgIpc) is 2.82. The zero-order chi connectivity index (χ0) is 14.4. The normalized spacial score (nSPS) is 12.9. The minimum Gasteiger partial charge on any atom is -0.380 e. The third kappa shape index (κ3) is 3.84. The van der Waals surface area contributed by atoms with Crippen molar-refractivity contribution in [1.82, 2.24) is 4.57 Å². The molecule has 3 nitrogen and oxygen atoms in total. The molecule has 1 heterocycles. The lowest BCUT2D eigenvalue weighted by Crippen LogP contribution is -2.17. The third-order valence-corrected chi connectivity index (χ3v) is 3.56. The molecule has 110 valence electrons. The van der Waals surface area contributed by atoms with Crippen LogP contribution in [0.15, 0.2) is 30.5 Å². The predicted molar refractivity (Wildman–Crippen MR) is 85.0 cm³/mol. The molecule has 0 radical (unpaired) electrons. The Morgan fingerprint density at radius 3 is 2.85 bits per heavy atom. The highest BCUT2D eigenvalue weighted by molar-refractivity contribution is 5.83. The molecule has 0 amide bonds. The number of rotatable bonds is 8. The van der Waals surface area contributed by atoms with E-state index in [1.807, 2.05) is 0 Å². The van der Waals surface area contributed by atoms with Crippen LogP contribution in [0.4, 0.5) is 0 Å². The van der Waals surface area contributed by atoms with Crippen LogP contribution in [-0.4, -0.2) is 23.8 Å². The Hall–Kier alpha value is -1.32. The summed E-state index contributed by atoms with van der Waals surface area (Å²) >= 11 is 0. The van der Waals surface area contributed by atoms with Gasteiger partial charge in [0.05, 0.1) is 6.61 Å². The van der Waals surface area contributed by atoms with E-state index in [0.29, 0.717) is 0 Å². The maximum Gasteiger partial charge on any atom is 0.0645 e. The van der Waals surface area contributed by atoms with Crippen LogP contribution >= 0.6 is 0 Å². The van der Waals surface area contributed by atoms with E-state index in [2.05, 4.69) is 48.9 Å². The summed E-state index contributed by atoms with van der Waals surface area (Å²) in [7, 11) is 0. The van der Waals surface area contributed by atoms with Crippen molar-refractivity contribution in [2.24, 2.45) is 5.73 Å². The molecular formula is C17H26N2O. The predicted octanol–water partition coefficient (Wildman–Crippen LogP) is 3.35. The molecule has 3 heteroatoms. The summed E-state index contributed by atoms with van der Waals surface area (Å²) in [4.78, 5) is 0. The van der Waals surface area contributed by atoms with E-state index >= 15 is 0 Å². The topological polar surface area (TPSA) is 40.2 Å². The first kappa shape index (κ1) is 15.1. The first-order valence-corrected chi connectivity index (χ1v) is 7.62. The van der Waals surface area contributed by atoms with Crippen molar-refractivity contribution in [3.05, 3.63) is 36.0 Å². The summed E-state index contributed by atoms with van der Waals surface area (Å²) in [6, 6.07) is 8.86. The molecule has 1 aromatic heterocycles. The molecule has 0 saturated carbocycles. The molecule has 0 spiro atoms. The van der Waals surface area contributed by atoms with Gasteiger partial charge in [-0.2, -0.15) is 0 Å². The fourth-order valence-corrected chi connectivity index (χ4v) is 2.52. The number of nitrogens with two attached hydrogens (primary N) is 1. The highest BCUT2D eigenvalue weighted by Gasteiger charge is 2.07. The quantitative estimate of drug-likeness (QED) is 0.750. The molecule has 0 aliphatic rings. The molecule has 2 aromatic rings. The van der Waals surface area contributed by atoms with E-state index in [1.165, 1.54) is 22.9 Å². The number of aromatic nitrogens is 1. The number of hydrogen-bond donors (Lipinski definition) is 1. The van der Waals surface area contributed by atoms with Crippen LogP contribution in [0.5, 0.6) is 0 Å². The van der Waals surface area contributed by atoms with Crippen LogP contribution in [-0.2, 0) is 17.7 Å². The van der Waals surface area contributed by atoms with E-state index in [9.17, 15) is 0 Å². The van der Waals surface area contributed by atoms with Gasteiger partial charge in [-0.05, 0) is 37.5 Å². The molecule has 0 saturated heterocycles. The summed E-state index contributed by atoms with van der Waals surface area (Å²) < 4.78 is 7.92. The van der Waals surface area contributed by atoms with Gasteiger partial charge in [-0.1, -0.05) is 25.5 Å². The summed E-state index contributed by atoms with van der Waals surface area (Å²) in [6.07, 6.45) is 5.41.